The van der Waals surface area contributed by atoms with Crippen molar-refractivity contribution in [2.24, 2.45) is 0 Å². The Hall–Kier alpha value is -2.82. The van der Waals surface area contributed by atoms with E-state index in [0.717, 1.165) is 28.6 Å². The lowest BCUT2D eigenvalue weighted by Crippen LogP contribution is -2.26. The van der Waals surface area contributed by atoms with Crippen LogP contribution in [-0.2, 0) is 13.0 Å². The summed E-state index contributed by atoms with van der Waals surface area (Å²) in [6.07, 6.45) is 4.13. The largest absolute Gasteiger partial charge is 0.493 e. The minimum atomic E-state index is 0.00559. The van der Waals surface area contributed by atoms with Crippen LogP contribution >= 0.6 is 0 Å². The molecule has 0 unspecified atom stereocenters. The van der Waals surface area contributed by atoms with E-state index in [0.29, 0.717) is 23.4 Å². The SMILES string of the molecule is COc1cc2c(cc1OC)-c1cc3ccncc3c(=O)n1CC2. The molecular weight excluding hydrogens is 292 g/mol. The summed E-state index contributed by atoms with van der Waals surface area (Å²) in [5.74, 6) is 1.38. The molecule has 0 atom stereocenters. The summed E-state index contributed by atoms with van der Waals surface area (Å²) in [6, 6.07) is 7.86. The Balaban J connectivity index is 2.04. The van der Waals surface area contributed by atoms with E-state index in [1.807, 2.05) is 28.8 Å². The highest BCUT2D eigenvalue weighted by molar-refractivity contribution is 5.86. The van der Waals surface area contributed by atoms with E-state index in [9.17, 15) is 4.79 Å². The van der Waals surface area contributed by atoms with E-state index >= 15 is 0 Å². The zero-order chi connectivity index (χ0) is 16.0. The molecule has 116 valence electrons. The Bertz CT molecular complexity index is 976. The van der Waals surface area contributed by atoms with Crippen LogP contribution in [0.4, 0.5) is 0 Å². The molecule has 1 aromatic carbocycles. The highest BCUT2D eigenvalue weighted by atomic mass is 16.5. The summed E-state index contributed by atoms with van der Waals surface area (Å²) in [5, 5.41) is 1.55. The van der Waals surface area contributed by atoms with Crippen LogP contribution in [0, 0.1) is 0 Å². The number of hydrogen-bond donors (Lipinski definition) is 0. The van der Waals surface area contributed by atoms with Gasteiger partial charge in [-0.1, -0.05) is 0 Å². The topological polar surface area (TPSA) is 53.4 Å². The van der Waals surface area contributed by atoms with Gasteiger partial charge in [0.15, 0.2) is 11.5 Å². The molecule has 3 heterocycles. The van der Waals surface area contributed by atoms with Gasteiger partial charge in [0.25, 0.3) is 5.56 Å². The predicted molar refractivity (Wildman–Crippen MR) is 88.2 cm³/mol. The third kappa shape index (κ3) is 2.00. The van der Waals surface area contributed by atoms with Crippen LogP contribution in [0.1, 0.15) is 5.56 Å². The van der Waals surface area contributed by atoms with Crippen molar-refractivity contribution in [1.29, 1.82) is 0 Å². The molecule has 5 nitrogen and oxygen atoms in total. The average molecular weight is 308 g/mol. The van der Waals surface area contributed by atoms with Crippen molar-refractivity contribution in [3.63, 3.8) is 0 Å². The van der Waals surface area contributed by atoms with Crippen LogP contribution in [0.3, 0.4) is 0 Å². The molecule has 0 saturated carbocycles. The fourth-order valence-electron chi connectivity index (χ4n) is 3.23. The molecule has 5 heteroatoms. The summed E-state index contributed by atoms with van der Waals surface area (Å²) in [4.78, 5) is 16.8. The molecule has 0 amide bonds. The highest BCUT2D eigenvalue weighted by Gasteiger charge is 2.21. The van der Waals surface area contributed by atoms with Crippen molar-refractivity contribution in [2.75, 3.05) is 14.2 Å². The maximum absolute atomic E-state index is 12.7. The molecule has 0 fully saturated rings. The monoisotopic (exact) mass is 308 g/mol. The van der Waals surface area contributed by atoms with E-state index < -0.39 is 0 Å². The third-order valence-corrected chi connectivity index (χ3v) is 4.40. The van der Waals surface area contributed by atoms with Crippen molar-refractivity contribution < 1.29 is 9.47 Å². The normalized spacial score (nSPS) is 12.6. The van der Waals surface area contributed by atoms with Crippen LogP contribution in [0.5, 0.6) is 11.5 Å². The zero-order valence-corrected chi connectivity index (χ0v) is 13.0. The minimum absolute atomic E-state index is 0.00559. The van der Waals surface area contributed by atoms with E-state index in [2.05, 4.69) is 4.98 Å². The summed E-state index contributed by atoms with van der Waals surface area (Å²) >= 11 is 0. The quantitative estimate of drug-likeness (QED) is 0.730. The molecule has 1 aliphatic heterocycles. The molecular formula is C18H16N2O3. The number of pyridine rings is 2. The number of aromatic nitrogens is 2. The first-order valence-electron chi connectivity index (χ1n) is 7.45. The van der Waals surface area contributed by atoms with Crippen molar-refractivity contribution in [2.45, 2.75) is 13.0 Å². The molecule has 0 radical (unpaired) electrons. The second-order valence-electron chi connectivity index (χ2n) is 5.56. The van der Waals surface area contributed by atoms with Gasteiger partial charge in [0.1, 0.15) is 0 Å². The molecule has 0 saturated heterocycles. The number of hydrogen-bond acceptors (Lipinski definition) is 4. The van der Waals surface area contributed by atoms with Crippen molar-refractivity contribution in [3.05, 3.63) is 52.6 Å². The number of fused-ring (bicyclic) bond motifs is 4. The van der Waals surface area contributed by atoms with Crippen LogP contribution in [0.25, 0.3) is 22.0 Å². The summed E-state index contributed by atoms with van der Waals surface area (Å²) < 4.78 is 12.6. The van der Waals surface area contributed by atoms with Crippen LogP contribution in [-0.4, -0.2) is 23.8 Å². The van der Waals surface area contributed by atoms with Gasteiger partial charge in [0.2, 0.25) is 0 Å². The molecule has 0 bridgehead atoms. The Kier molecular flexibility index (Phi) is 3.08. The maximum Gasteiger partial charge on any atom is 0.260 e. The zero-order valence-electron chi connectivity index (χ0n) is 13.0. The van der Waals surface area contributed by atoms with Gasteiger partial charge in [-0.2, -0.15) is 0 Å². The van der Waals surface area contributed by atoms with Gasteiger partial charge >= 0.3 is 0 Å². The fraction of sp³-hybridized carbons (Fsp3) is 0.222. The van der Waals surface area contributed by atoms with Gasteiger partial charge in [-0.05, 0) is 41.6 Å². The first kappa shape index (κ1) is 13.8. The van der Waals surface area contributed by atoms with E-state index in [-0.39, 0.29) is 5.56 Å². The van der Waals surface area contributed by atoms with Crippen molar-refractivity contribution in [1.82, 2.24) is 9.55 Å². The van der Waals surface area contributed by atoms with E-state index in [1.54, 1.807) is 26.6 Å². The summed E-state index contributed by atoms with van der Waals surface area (Å²) in [6.45, 7) is 0.654. The predicted octanol–water partition coefficient (Wildman–Crippen LogP) is 2.64. The number of rotatable bonds is 2. The van der Waals surface area contributed by atoms with Gasteiger partial charge in [0.05, 0.1) is 25.3 Å². The lowest BCUT2D eigenvalue weighted by molar-refractivity contribution is 0.354. The Labute approximate surface area is 133 Å². The maximum atomic E-state index is 12.7. The summed E-state index contributed by atoms with van der Waals surface area (Å²) in [5.41, 5.74) is 3.10. The van der Waals surface area contributed by atoms with Crippen LogP contribution in [0.2, 0.25) is 0 Å². The van der Waals surface area contributed by atoms with E-state index in [1.165, 1.54) is 0 Å². The second kappa shape index (κ2) is 5.12. The molecule has 0 spiro atoms. The smallest absolute Gasteiger partial charge is 0.260 e. The number of benzene rings is 1. The standard InChI is InChI=1S/C18H16N2O3/c1-22-16-8-12-4-6-20-15(13(12)9-17(16)23-2)7-11-3-5-19-10-14(11)18(20)21/h3,5,7-10H,4,6H2,1-2H3. The second-order valence-corrected chi connectivity index (χ2v) is 5.56. The van der Waals surface area contributed by atoms with Gasteiger partial charge in [0, 0.05) is 24.5 Å². The molecule has 2 aromatic heterocycles. The van der Waals surface area contributed by atoms with Gasteiger partial charge in [-0.25, -0.2) is 0 Å². The fourth-order valence-corrected chi connectivity index (χ4v) is 3.23. The van der Waals surface area contributed by atoms with Crippen molar-refractivity contribution in [3.8, 4) is 22.8 Å². The Morgan fingerprint density at radius 2 is 1.91 bits per heavy atom. The molecule has 3 aromatic rings. The number of ether oxygens (including phenoxy) is 2. The van der Waals surface area contributed by atoms with E-state index in [4.69, 9.17) is 9.47 Å². The molecule has 1 aliphatic rings. The van der Waals surface area contributed by atoms with Crippen molar-refractivity contribution >= 4 is 10.8 Å². The Morgan fingerprint density at radius 3 is 2.70 bits per heavy atom. The summed E-state index contributed by atoms with van der Waals surface area (Å²) in [7, 11) is 3.25. The highest BCUT2D eigenvalue weighted by Crippen LogP contribution is 2.38. The van der Waals surface area contributed by atoms with Gasteiger partial charge in [-0.3, -0.25) is 9.78 Å². The first-order chi connectivity index (χ1) is 11.2. The van der Waals surface area contributed by atoms with Crippen LogP contribution in [0.15, 0.2) is 41.5 Å². The minimum Gasteiger partial charge on any atom is -0.493 e. The lowest BCUT2D eigenvalue weighted by atomic mass is 9.95. The molecule has 4 rings (SSSR count). The lowest BCUT2D eigenvalue weighted by Gasteiger charge is -2.24. The number of nitrogens with zero attached hydrogens (tertiary/aromatic N) is 2. The average Bonchev–Trinajstić information content (AvgIpc) is 2.60. The van der Waals surface area contributed by atoms with Gasteiger partial charge in [-0.15, -0.1) is 0 Å². The van der Waals surface area contributed by atoms with Crippen LogP contribution < -0.4 is 15.0 Å². The number of methoxy groups -OCH3 is 2. The third-order valence-electron chi connectivity index (χ3n) is 4.40. The molecule has 23 heavy (non-hydrogen) atoms. The molecule has 0 N–H and O–H groups in total. The Morgan fingerprint density at radius 1 is 1.13 bits per heavy atom. The molecule has 0 aliphatic carbocycles. The number of aryl methyl sites for hydroxylation is 1. The first-order valence-corrected chi connectivity index (χ1v) is 7.45. The van der Waals surface area contributed by atoms with Gasteiger partial charge < -0.3 is 14.0 Å².